The topological polar surface area (TPSA) is 79.6 Å². The van der Waals surface area contributed by atoms with Crippen molar-refractivity contribution in [1.82, 2.24) is 4.31 Å². The van der Waals surface area contributed by atoms with Crippen LogP contribution < -0.4 is 5.32 Å². The monoisotopic (exact) mass is 386 g/mol. The van der Waals surface area contributed by atoms with Gasteiger partial charge in [0, 0.05) is 41.5 Å². The van der Waals surface area contributed by atoms with E-state index in [-0.39, 0.29) is 17.6 Å². The van der Waals surface area contributed by atoms with Gasteiger partial charge in [0.05, 0.1) is 5.75 Å². The molecule has 1 aliphatic rings. The Morgan fingerprint density at radius 2 is 1.81 bits per heavy atom. The average molecular weight is 386 g/mol. The van der Waals surface area contributed by atoms with Crippen molar-refractivity contribution in [2.24, 2.45) is 5.92 Å². The molecule has 1 aliphatic heterocycles. The van der Waals surface area contributed by atoms with Crippen molar-refractivity contribution in [2.45, 2.75) is 19.8 Å². The summed E-state index contributed by atoms with van der Waals surface area (Å²) in [6.07, 6.45) is 1.08. The van der Waals surface area contributed by atoms with Crippen LogP contribution in [0.2, 0.25) is 0 Å². The van der Waals surface area contributed by atoms with Gasteiger partial charge in [0.15, 0.2) is 0 Å². The number of carbonyl (C=O) groups excluding carboxylic acids is 1. The van der Waals surface area contributed by atoms with Crippen LogP contribution in [-0.4, -0.2) is 37.5 Å². The predicted molar refractivity (Wildman–Crippen MR) is 106 cm³/mol. The summed E-state index contributed by atoms with van der Waals surface area (Å²) in [6, 6.07) is 13.5. The Kier molecular flexibility index (Phi) is 4.65. The molecule has 1 aromatic heterocycles. The lowest BCUT2D eigenvalue weighted by Gasteiger charge is -2.30. The van der Waals surface area contributed by atoms with Crippen molar-refractivity contribution in [3.05, 3.63) is 42.5 Å². The molecule has 4 rings (SSSR count). The van der Waals surface area contributed by atoms with Crippen molar-refractivity contribution >= 4 is 43.6 Å². The molecular formula is C20H22N2O4S. The van der Waals surface area contributed by atoms with Crippen LogP contribution in [-0.2, 0) is 14.8 Å². The van der Waals surface area contributed by atoms with Crippen LogP contribution in [0.5, 0.6) is 0 Å². The number of sulfonamides is 1. The van der Waals surface area contributed by atoms with Crippen molar-refractivity contribution in [3.63, 3.8) is 0 Å². The van der Waals surface area contributed by atoms with Crippen molar-refractivity contribution in [1.29, 1.82) is 0 Å². The first-order valence-corrected chi connectivity index (χ1v) is 10.8. The minimum atomic E-state index is -3.18. The third kappa shape index (κ3) is 3.44. The predicted octanol–water partition coefficient (Wildman–Crippen LogP) is 3.59. The molecule has 0 aliphatic carbocycles. The molecule has 3 aromatic rings. The van der Waals surface area contributed by atoms with Crippen LogP contribution in [0.25, 0.3) is 21.9 Å². The third-order valence-electron chi connectivity index (χ3n) is 5.23. The number of rotatable bonds is 4. The zero-order valence-electron chi connectivity index (χ0n) is 15.1. The first-order valence-electron chi connectivity index (χ1n) is 9.18. The first kappa shape index (κ1) is 18.0. The lowest BCUT2D eigenvalue weighted by atomic mass is 9.97. The molecule has 1 N–H and O–H groups in total. The van der Waals surface area contributed by atoms with E-state index in [9.17, 15) is 13.2 Å². The second-order valence-electron chi connectivity index (χ2n) is 6.87. The number of furan rings is 1. The number of piperidine rings is 1. The van der Waals surface area contributed by atoms with Crippen LogP contribution in [0.1, 0.15) is 19.8 Å². The van der Waals surface area contributed by atoms with E-state index < -0.39 is 10.0 Å². The Balaban J connectivity index is 1.46. The van der Waals surface area contributed by atoms with Crippen molar-refractivity contribution < 1.29 is 17.6 Å². The summed E-state index contributed by atoms with van der Waals surface area (Å²) in [5, 5.41) is 5.02. The summed E-state index contributed by atoms with van der Waals surface area (Å²) in [5.41, 5.74) is 2.24. The van der Waals surface area contributed by atoms with Crippen LogP contribution >= 0.6 is 0 Å². The lowest BCUT2D eigenvalue weighted by molar-refractivity contribution is -0.120. The number of hydrogen-bond donors (Lipinski definition) is 1. The van der Waals surface area contributed by atoms with E-state index in [0.29, 0.717) is 31.6 Å². The second-order valence-corrected chi connectivity index (χ2v) is 9.13. The molecule has 1 fully saturated rings. The number of nitrogens with zero attached hydrogens (tertiary/aromatic N) is 1. The lowest BCUT2D eigenvalue weighted by Crippen LogP contribution is -2.42. The highest BCUT2D eigenvalue weighted by Crippen LogP contribution is 2.30. The minimum absolute atomic E-state index is 0.0704. The van der Waals surface area contributed by atoms with Gasteiger partial charge in [-0.15, -0.1) is 0 Å². The van der Waals surface area contributed by atoms with Gasteiger partial charge in [-0.1, -0.05) is 18.2 Å². The molecule has 27 heavy (non-hydrogen) atoms. The van der Waals surface area contributed by atoms with E-state index in [2.05, 4.69) is 5.32 Å². The van der Waals surface area contributed by atoms with Crippen LogP contribution in [0, 0.1) is 5.92 Å². The maximum Gasteiger partial charge on any atom is 0.227 e. The van der Waals surface area contributed by atoms with E-state index in [1.54, 1.807) is 6.92 Å². The molecule has 0 saturated carbocycles. The second kappa shape index (κ2) is 6.98. The number of para-hydroxylation sites is 1. The van der Waals surface area contributed by atoms with E-state index in [1.807, 2.05) is 42.5 Å². The van der Waals surface area contributed by atoms with Crippen LogP contribution in [0.15, 0.2) is 46.9 Å². The third-order valence-corrected chi connectivity index (χ3v) is 7.11. The maximum absolute atomic E-state index is 12.6. The van der Waals surface area contributed by atoms with E-state index >= 15 is 0 Å². The van der Waals surface area contributed by atoms with Crippen LogP contribution in [0.4, 0.5) is 5.69 Å². The van der Waals surface area contributed by atoms with Gasteiger partial charge in [0.2, 0.25) is 15.9 Å². The SMILES string of the molecule is CCS(=O)(=O)N1CCC(C(=O)Nc2ccc3c(c2)oc2ccccc23)CC1. The van der Waals surface area contributed by atoms with E-state index in [1.165, 1.54) is 4.31 Å². The molecule has 1 saturated heterocycles. The van der Waals surface area contributed by atoms with Gasteiger partial charge in [-0.2, -0.15) is 0 Å². The Morgan fingerprint density at radius 3 is 2.56 bits per heavy atom. The van der Waals surface area contributed by atoms with E-state index in [4.69, 9.17) is 4.42 Å². The maximum atomic E-state index is 12.6. The number of fused-ring (bicyclic) bond motifs is 3. The fourth-order valence-electron chi connectivity index (χ4n) is 3.63. The molecule has 142 valence electrons. The van der Waals surface area contributed by atoms with Crippen molar-refractivity contribution in [3.8, 4) is 0 Å². The summed E-state index contributed by atoms with van der Waals surface area (Å²) < 4.78 is 31.2. The average Bonchev–Trinajstić information content (AvgIpc) is 3.05. The summed E-state index contributed by atoms with van der Waals surface area (Å²) in [6.45, 7) is 2.44. The summed E-state index contributed by atoms with van der Waals surface area (Å²) in [7, 11) is -3.18. The Morgan fingerprint density at radius 1 is 1.11 bits per heavy atom. The number of nitrogens with one attached hydrogen (secondary N) is 1. The molecule has 0 spiro atoms. The van der Waals surface area contributed by atoms with Gasteiger partial charge in [0.1, 0.15) is 11.2 Å². The fourth-order valence-corrected chi connectivity index (χ4v) is 4.76. The smallest absolute Gasteiger partial charge is 0.227 e. The Labute approximate surface area is 158 Å². The molecule has 0 bridgehead atoms. The van der Waals surface area contributed by atoms with Gasteiger partial charge in [-0.05, 0) is 38.0 Å². The highest BCUT2D eigenvalue weighted by Gasteiger charge is 2.30. The van der Waals surface area contributed by atoms with Gasteiger partial charge in [-0.25, -0.2) is 12.7 Å². The molecule has 7 heteroatoms. The Bertz CT molecular complexity index is 1100. The Hall–Kier alpha value is -2.38. The number of carbonyl (C=O) groups is 1. The quantitative estimate of drug-likeness (QED) is 0.743. The number of anilines is 1. The van der Waals surface area contributed by atoms with Crippen LogP contribution in [0.3, 0.4) is 0 Å². The van der Waals surface area contributed by atoms with Gasteiger partial charge in [0.25, 0.3) is 0 Å². The molecular weight excluding hydrogens is 364 g/mol. The van der Waals surface area contributed by atoms with E-state index in [0.717, 1.165) is 21.9 Å². The molecule has 0 atom stereocenters. The normalized spacial score (nSPS) is 16.8. The van der Waals surface area contributed by atoms with Gasteiger partial charge in [-0.3, -0.25) is 4.79 Å². The van der Waals surface area contributed by atoms with Gasteiger partial charge < -0.3 is 9.73 Å². The van der Waals surface area contributed by atoms with Gasteiger partial charge >= 0.3 is 0 Å². The zero-order valence-corrected chi connectivity index (χ0v) is 16.0. The number of hydrogen-bond acceptors (Lipinski definition) is 4. The van der Waals surface area contributed by atoms with Crippen molar-refractivity contribution in [2.75, 3.05) is 24.2 Å². The largest absolute Gasteiger partial charge is 0.456 e. The highest BCUT2D eigenvalue weighted by molar-refractivity contribution is 7.89. The first-order chi connectivity index (χ1) is 13.0. The standard InChI is InChI=1S/C20H22N2O4S/c1-2-27(24,25)22-11-9-14(10-12-22)20(23)21-15-7-8-17-16-5-3-4-6-18(16)26-19(17)13-15/h3-8,13-14H,2,9-12H2,1H3,(H,21,23). The molecule has 2 aromatic carbocycles. The fraction of sp³-hybridized carbons (Fsp3) is 0.350. The summed E-state index contributed by atoms with van der Waals surface area (Å²) in [4.78, 5) is 12.6. The minimum Gasteiger partial charge on any atom is -0.456 e. The molecule has 6 nitrogen and oxygen atoms in total. The molecule has 0 radical (unpaired) electrons. The molecule has 0 unspecified atom stereocenters. The highest BCUT2D eigenvalue weighted by atomic mass is 32.2. The summed E-state index contributed by atoms with van der Waals surface area (Å²) in [5.74, 6) is -0.153. The number of amides is 1. The zero-order chi connectivity index (χ0) is 19.0. The summed E-state index contributed by atoms with van der Waals surface area (Å²) >= 11 is 0. The molecule has 1 amide bonds. The number of benzene rings is 2. The molecule has 2 heterocycles.